The number of rotatable bonds is 6. The average molecular weight is 188 g/mol. The monoisotopic (exact) mass is 188 g/mol. The molecule has 0 aliphatic heterocycles. The summed E-state index contributed by atoms with van der Waals surface area (Å²) in [4.78, 5) is 11.3. The molecule has 0 aromatic carbocycles. The van der Waals surface area contributed by atoms with E-state index in [1.54, 1.807) is 7.11 Å². The van der Waals surface area contributed by atoms with Crippen LogP contribution in [0.4, 0.5) is 0 Å². The van der Waals surface area contributed by atoms with Gasteiger partial charge in [0.25, 0.3) is 0 Å². The van der Waals surface area contributed by atoms with Crippen molar-refractivity contribution >= 4 is 5.91 Å². The van der Waals surface area contributed by atoms with Crippen molar-refractivity contribution in [3.8, 4) is 0 Å². The smallest absolute Gasteiger partial charge is 0.237 e. The molecule has 1 amide bonds. The summed E-state index contributed by atoms with van der Waals surface area (Å²) < 4.78 is 4.98. The van der Waals surface area contributed by atoms with Crippen molar-refractivity contribution in [2.24, 2.45) is 5.73 Å². The molecule has 0 bridgehead atoms. The molecular weight excluding hydrogens is 168 g/mol. The molecule has 4 nitrogen and oxygen atoms in total. The average Bonchev–Trinajstić information content (AvgIpc) is 2.13. The van der Waals surface area contributed by atoms with E-state index in [1.165, 1.54) is 0 Å². The van der Waals surface area contributed by atoms with E-state index >= 15 is 0 Å². The Bertz CT molecular complexity index is 151. The van der Waals surface area contributed by atoms with Crippen LogP contribution in [0.5, 0.6) is 0 Å². The second kappa shape index (κ2) is 6.86. The number of nitrogens with two attached hydrogens (primary N) is 1. The highest BCUT2D eigenvalue weighted by Gasteiger charge is 2.12. The molecule has 13 heavy (non-hydrogen) atoms. The number of ether oxygens (including phenoxy) is 1. The Labute approximate surface area is 79.8 Å². The molecule has 2 unspecified atom stereocenters. The van der Waals surface area contributed by atoms with Gasteiger partial charge in [-0.3, -0.25) is 4.79 Å². The van der Waals surface area contributed by atoms with Gasteiger partial charge in [0, 0.05) is 13.7 Å². The summed E-state index contributed by atoms with van der Waals surface area (Å²) >= 11 is 0. The Hall–Kier alpha value is -0.610. The van der Waals surface area contributed by atoms with Gasteiger partial charge >= 0.3 is 0 Å². The van der Waals surface area contributed by atoms with Crippen molar-refractivity contribution in [3.63, 3.8) is 0 Å². The fourth-order valence-electron chi connectivity index (χ4n) is 0.901. The zero-order chi connectivity index (χ0) is 10.3. The van der Waals surface area contributed by atoms with Crippen molar-refractivity contribution in [3.05, 3.63) is 0 Å². The van der Waals surface area contributed by atoms with E-state index in [9.17, 15) is 4.79 Å². The largest absolute Gasteiger partial charge is 0.380 e. The van der Waals surface area contributed by atoms with Crippen LogP contribution in [0.15, 0.2) is 0 Å². The number of carbonyl (C=O) groups is 1. The van der Waals surface area contributed by atoms with Gasteiger partial charge in [-0.1, -0.05) is 13.3 Å². The summed E-state index contributed by atoms with van der Waals surface area (Å²) in [5.41, 5.74) is 5.60. The molecule has 3 N–H and O–H groups in total. The summed E-state index contributed by atoms with van der Waals surface area (Å²) in [6, 6.07) is -0.381. The highest BCUT2D eigenvalue weighted by molar-refractivity contribution is 5.81. The Balaban J connectivity index is 3.61. The van der Waals surface area contributed by atoms with Crippen molar-refractivity contribution in [2.75, 3.05) is 13.7 Å². The van der Waals surface area contributed by atoms with E-state index in [1.807, 2.05) is 13.8 Å². The topological polar surface area (TPSA) is 64.4 Å². The first-order chi connectivity index (χ1) is 6.11. The summed E-state index contributed by atoms with van der Waals surface area (Å²) in [5.74, 6) is -0.0919. The molecule has 0 spiro atoms. The first-order valence-corrected chi connectivity index (χ1v) is 4.67. The van der Waals surface area contributed by atoms with Gasteiger partial charge in [0.15, 0.2) is 0 Å². The standard InChI is InChI=1S/C9H20N2O2/c1-4-5-8(10)9(12)11-6-7(2)13-3/h7-8H,4-6,10H2,1-3H3,(H,11,12). The van der Waals surface area contributed by atoms with Crippen LogP contribution in [-0.4, -0.2) is 31.7 Å². The predicted octanol–water partition coefficient (Wildman–Crippen LogP) is 0.265. The minimum atomic E-state index is -0.381. The zero-order valence-electron chi connectivity index (χ0n) is 8.67. The van der Waals surface area contributed by atoms with Gasteiger partial charge < -0.3 is 15.8 Å². The molecule has 0 fully saturated rings. The number of hydrogen-bond acceptors (Lipinski definition) is 3. The van der Waals surface area contributed by atoms with Gasteiger partial charge in [0.2, 0.25) is 5.91 Å². The molecule has 0 aromatic heterocycles. The Kier molecular flexibility index (Phi) is 6.54. The third-order valence-corrected chi connectivity index (χ3v) is 1.90. The van der Waals surface area contributed by atoms with Crippen LogP contribution in [0.1, 0.15) is 26.7 Å². The first-order valence-electron chi connectivity index (χ1n) is 4.67. The molecule has 0 heterocycles. The maximum Gasteiger partial charge on any atom is 0.237 e. The van der Waals surface area contributed by atoms with E-state index in [2.05, 4.69) is 5.32 Å². The SMILES string of the molecule is CCCC(N)C(=O)NCC(C)OC. The maximum atomic E-state index is 11.3. The molecule has 0 saturated carbocycles. The van der Waals surface area contributed by atoms with Gasteiger partial charge in [0.05, 0.1) is 12.1 Å². The highest BCUT2D eigenvalue weighted by atomic mass is 16.5. The van der Waals surface area contributed by atoms with E-state index in [-0.39, 0.29) is 18.1 Å². The maximum absolute atomic E-state index is 11.3. The van der Waals surface area contributed by atoms with Gasteiger partial charge in [-0.2, -0.15) is 0 Å². The first kappa shape index (κ1) is 12.4. The van der Waals surface area contributed by atoms with E-state index in [4.69, 9.17) is 10.5 Å². The summed E-state index contributed by atoms with van der Waals surface area (Å²) in [6.07, 6.45) is 1.69. The number of hydrogen-bond donors (Lipinski definition) is 2. The molecule has 0 aliphatic carbocycles. The summed E-state index contributed by atoms with van der Waals surface area (Å²) in [6.45, 7) is 4.42. The molecular formula is C9H20N2O2. The van der Waals surface area contributed by atoms with Crippen molar-refractivity contribution < 1.29 is 9.53 Å². The Morgan fingerprint density at radius 3 is 2.69 bits per heavy atom. The van der Waals surface area contributed by atoms with Gasteiger partial charge in [-0.25, -0.2) is 0 Å². The number of methoxy groups -OCH3 is 1. The highest BCUT2D eigenvalue weighted by Crippen LogP contribution is 1.93. The molecule has 4 heteroatoms. The quantitative estimate of drug-likeness (QED) is 0.628. The number of carbonyl (C=O) groups excluding carboxylic acids is 1. The third kappa shape index (κ3) is 5.60. The van der Waals surface area contributed by atoms with Crippen molar-refractivity contribution in [1.82, 2.24) is 5.32 Å². The van der Waals surface area contributed by atoms with Crippen molar-refractivity contribution in [2.45, 2.75) is 38.8 Å². The normalized spacial score (nSPS) is 15.1. The molecule has 0 rings (SSSR count). The van der Waals surface area contributed by atoms with Crippen LogP contribution in [-0.2, 0) is 9.53 Å². The Morgan fingerprint density at radius 2 is 2.23 bits per heavy atom. The fraction of sp³-hybridized carbons (Fsp3) is 0.889. The van der Waals surface area contributed by atoms with Crippen molar-refractivity contribution in [1.29, 1.82) is 0 Å². The summed E-state index contributed by atoms with van der Waals surface area (Å²) in [5, 5.41) is 2.73. The lowest BCUT2D eigenvalue weighted by Gasteiger charge is -2.14. The second-order valence-corrected chi connectivity index (χ2v) is 3.19. The van der Waals surface area contributed by atoms with Crippen LogP contribution in [0.3, 0.4) is 0 Å². The Morgan fingerprint density at radius 1 is 1.62 bits per heavy atom. The minimum absolute atomic E-state index is 0.0396. The number of amides is 1. The lowest BCUT2D eigenvalue weighted by molar-refractivity contribution is -0.123. The molecule has 0 radical (unpaired) electrons. The second-order valence-electron chi connectivity index (χ2n) is 3.19. The van der Waals surface area contributed by atoms with Crippen LogP contribution in [0.25, 0.3) is 0 Å². The van der Waals surface area contributed by atoms with E-state index in [0.717, 1.165) is 12.8 Å². The molecule has 0 saturated heterocycles. The van der Waals surface area contributed by atoms with Crippen LogP contribution >= 0.6 is 0 Å². The van der Waals surface area contributed by atoms with Crippen LogP contribution < -0.4 is 11.1 Å². The zero-order valence-corrected chi connectivity index (χ0v) is 8.67. The minimum Gasteiger partial charge on any atom is -0.380 e. The van der Waals surface area contributed by atoms with E-state index in [0.29, 0.717) is 6.54 Å². The number of nitrogens with one attached hydrogen (secondary N) is 1. The predicted molar refractivity (Wildman–Crippen MR) is 52.4 cm³/mol. The van der Waals surface area contributed by atoms with E-state index < -0.39 is 0 Å². The van der Waals surface area contributed by atoms with Gasteiger partial charge in [0.1, 0.15) is 0 Å². The molecule has 0 aliphatic rings. The lowest BCUT2D eigenvalue weighted by atomic mass is 10.1. The molecule has 0 aromatic rings. The van der Waals surface area contributed by atoms with Crippen LogP contribution in [0, 0.1) is 0 Å². The van der Waals surface area contributed by atoms with Crippen LogP contribution in [0.2, 0.25) is 0 Å². The molecule has 78 valence electrons. The lowest BCUT2D eigenvalue weighted by Crippen LogP contribution is -2.43. The summed E-state index contributed by atoms with van der Waals surface area (Å²) in [7, 11) is 1.61. The van der Waals surface area contributed by atoms with Gasteiger partial charge in [-0.15, -0.1) is 0 Å². The third-order valence-electron chi connectivity index (χ3n) is 1.90. The van der Waals surface area contributed by atoms with Gasteiger partial charge in [-0.05, 0) is 13.3 Å². The molecule has 2 atom stereocenters. The fourth-order valence-corrected chi connectivity index (χ4v) is 0.901.